The Bertz CT molecular complexity index is 911. The first kappa shape index (κ1) is 23.3. The lowest BCUT2D eigenvalue weighted by Gasteiger charge is -2.43. The second-order valence-electron chi connectivity index (χ2n) is 8.98. The molecule has 168 valence electrons. The van der Waals surface area contributed by atoms with Gasteiger partial charge < -0.3 is 25.2 Å². The molecule has 1 heterocycles. The van der Waals surface area contributed by atoms with Gasteiger partial charge in [-0.05, 0) is 50.5 Å². The number of hydrogen-bond acceptors (Lipinski definition) is 6. The predicted molar refractivity (Wildman–Crippen MR) is 118 cm³/mol. The minimum absolute atomic E-state index is 0.0225. The summed E-state index contributed by atoms with van der Waals surface area (Å²) < 4.78 is 5.78. The topological polar surface area (TPSA) is 107 Å². The van der Waals surface area contributed by atoms with Crippen molar-refractivity contribution in [2.75, 3.05) is 0 Å². The van der Waals surface area contributed by atoms with Crippen LogP contribution in [0, 0.1) is 11.8 Å². The number of aliphatic hydroxyl groups is 3. The number of Topliss-reactive ketones (excluding diaryl/α,β-unsaturated/α-hetero) is 1. The van der Waals surface area contributed by atoms with E-state index in [0.717, 1.165) is 5.57 Å². The third kappa shape index (κ3) is 4.92. The standard InChI is InChI=1S/C25H32O6/c1-13(2)5-7-17-21(28)11-22-23(24(17)29)25(30)18(12-31-22)15-6-8-19(26)16(9-15)10-20(27)14(3)4/h5-6,8-9,12,17,20-24,26-29H,3,7,10-11H2,1-2,4H3. The van der Waals surface area contributed by atoms with E-state index >= 15 is 0 Å². The molecule has 0 spiro atoms. The van der Waals surface area contributed by atoms with Gasteiger partial charge in [-0.15, -0.1) is 0 Å². The minimum atomic E-state index is -1.03. The van der Waals surface area contributed by atoms with Gasteiger partial charge in [0.05, 0.1) is 36.1 Å². The Labute approximate surface area is 183 Å². The monoisotopic (exact) mass is 428 g/mol. The zero-order valence-corrected chi connectivity index (χ0v) is 18.3. The van der Waals surface area contributed by atoms with Crippen LogP contribution in [0.4, 0.5) is 0 Å². The van der Waals surface area contributed by atoms with Crippen LogP contribution in [0.1, 0.15) is 44.7 Å². The number of rotatable bonds is 6. The molecule has 0 amide bonds. The maximum Gasteiger partial charge on any atom is 0.175 e. The summed E-state index contributed by atoms with van der Waals surface area (Å²) >= 11 is 0. The molecule has 0 aromatic heterocycles. The van der Waals surface area contributed by atoms with Crippen LogP contribution in [0.5, 0.6) is 5.75 Å². The molecule has 0 bridgehead atoms. The molecular formula is C25H32O6. The van der Waals surface area contributed by atoms with Crippen molar-refractivity contribution in [1.82, 2.24) is 0 Å². The van der Waals surface area contributed by atoms with E-state index < -0.39 is 36.3 Å². The predicted octanol–water partition coefficient (Wildman–Crippen LogP) is 2.89. The molecule has 0 saturated heterocycles. The van der Waals surface area contributed by atoms with Gasteiger partial charge in [-0.2, -0.15) is 0 Å². The number of carbonyl (C=O) groups excluding carboxylic acids is 1. The van der Waals surface area contributed by atoms with E-state index in [0.29, 0.717) is 28.7 Å². The molecule has 1 aromatic carbocycles. The Hall–Kier alpha value is -2.41. The molecule has 3 rings (SSSR count). The van der Waals surface area contributed by atoms with Crippen LogP contribution >= 0.6 is 0 Å². The Morgan fingerprint density at radius 1 is 1.29 bits per heavy atom. The second-order valence-corrected chi connectivity index (χ2v) is 8.98. The molecule has 0 radical (unpaired) electrons. The first-order valence-corrected chi connectivity index (χ1v) is 10.6. The van der Waals surface area contributed by atoms with Crippen molar-refractivity contribution in [2.45, 2.75) is 64.4 Å². The molecule has 4 N–H and O–H groups in total. The van der Waals surface area contributed by atoms with Gasteiger partial charge in [-0.3, -0.25) is 4.79 Å². The number of allylic oxidation sites excluding steroid dienone is 3. The van der Waals surface area contributed by atoms with Crippen molar-refractivity contribution < 1.29 is 30.0 Å². The second kappa shape index (κ2) is 9.39. The van der Waals surface area contributed by atoms with Gasteiger partial charge >= 0.3 is 0 Å². The molecule has 6 heteroatoms. The molecule has 31 heavy (non-hydrogen) atoms. The van der Waals surface area contributed by atoms with Crippen molar-refractivity contribution in [3.8, 4) is 5.75 Å². The average Bonchev–Trinajstić information content (AvgIpc) is 2.69. The van der Waals surface area contributed by atoms with Crippen molar-refractivity contribution >= 4 is 11.4 Å². The Balaban J connectivity index is 1.88. The number of hydrogen-bond donors (Lipinski definition) is 4. The Kier molecular flexibility index (Phi) is 7.04. The number of carbonyl (C=O) groups is 1. The molecule has 6 atom stereocenters. The lowest BCUT2D eigenvalue weighted by atomic mass is 9.69. The van der Waals surface area contributed by atoms with Crippen molar-refractivity contribution in [2.24, 2.45) is 11.8 Å². The first-order chi connectivity index (χ1) is 14.6. The van der Waals surface area contributed by atoms with Gasteiger partial charge in [0, 0.05) is 18.8 Å². The summed E-state index contributed by atoms with van der Waals surface area (Å²) in [4.78, 5) is 13.4. The van der Waals surface area contributed by atoms with Gasteiger partial charge in [0.25, 0.3) is 0 Å². The molecule has 6 nitrogen and oxygen atoms in total. The largest absolute Gasteiger partial charge is 0.508 e. The number of aromatic hydroxyl groups is 1. The van der Waals surface area contributed by atoms with Crippen LogP contribution in [0.25, 0.3) is 5.57 Å². The van der Waals surface area contributed by atoms with Gasteiger partial charge in [0.2, 0.25) is 0 Å². The number of benzene rings is 1. The number of aliphatic hydroxyl groups excluding tert-OH is 3. The zero-order chi connectivity index (χ0) is 22.9. The summed E-state index contributed by atoms with van der Waals surface area (Å²) in [6, 6.07) is 4.75. The van der Waals surface area contributed by atoms with E-state index in [1.54, 1.807) is 19.1 Å². The van der Waals surface area contributed by atoms with Crippen molar-refractivity contribution in [3.05, 3.63) is 59.4 Å². The first-order valence-electron chi connectivity index (χ1n) is 10.6. The SMILES string of the molecule is C=C(C)C(O)Cc1cc(C2=COC3CC(O)C(CC=C(C)C)C(O)C3C2=O)ccc1O. The van der Waals surface area contributed by atoms with E-state index in [1.165, 1.54) is 12.3 Å². The fourth-order valence-corrected chi connectivity index (χ4v) is 4.31. The average molecular weight is 429 g/mol. The Morgan fingerprint density at radius 3 is 2.65 bits per heavy atom. The number of phenols is 1. The molecule has 1 aliphatic heterocycles. The van der Waals surface area contributed by atoms with Crippen molar-refractivity contribution in [1.29, 1.82) is 0 Å². The van der Waals surface area contributed by atoms with E-state index in [2.05, 4.69) is 6.58 Å². The summed E-state index contributed by atoms with van der Waals surface area (Å²) in [5.41, 5.74) is 3.01. The summed E-state index contributed by atoms with van der Waals surface area (Å²) in [6.07, 6.45) is 1.11. The number of ether oxygens (including phenoxy) is 1. The van der Waals surface area contributed by atoms with Gasteiger partial charge in [-0.1, -0.05) is 29.9 Å². The molecule has 1 saturated carbocycles. The van der Waals surface area contributed by atoms with Crippen LogP contribution in [-0.4, -0.2) is 50.6 Å². The van der Waals surface area contributed by atoms with Gasteiger partial charge in [0.1, 0.15) is 11.9 Å². The van der Waals surface area contributed by atoms with Crippen molar-refractivity contribution in [3.63, 3.8) is 0 Å². The lowest BCUT2D eigenvalue weighted by Crippen LogP contribution is -2.54. The smallest absolute Gasteiger partial charge is 0.175 e. The maximum atomic E-state index is 13.4. The van der Waals surface area contributed by atoms with Crippen LogP contribution in [0.15, 0.2) is 48.3 Å². The quantitative estimate of drug-likeness (QED) is 0.519. The van der Waals surface area contributed by atoms with Crippen LogP contribution in [0.3, 0.4) is 0 Å². The highest BCUT2D eigenvalue weighted by Gasteiger charge is 2.49. The van der Waals surface area contributed by atoms with Crippen LogP contribution in [-0.2, 0) is 16.0 Å². The molecular weight excluding hydrogens is 396 g/mol. The molecule has 2 aliphatic rings. The van der Waals surface area contributed by atoms with E-state index in [-0.39, 0.29) is 24.4 Å². The highest BCUT2D eigenvalue weighted by molar-refractivity contribution is 6.22. The minimum Gasteiger partial charge on any atom is -0.508 e. The molecule has 1 fully saturated rings. The van der Waals surface area contributed by atoms with Crippen LogP contribution in [0.2, 0.25) is 0 Å². The molecule has 6 unspecified atom stereocenters. The third-order valence-corrected chi connectivity index (χ3v) is 6.27. The summed E-state index contributed by atoms with van der Waals surface area (Å²) in [7, 11) is 0. The summed E-state index contributed by atoms with van der Waals surface area (Å²) in [5.74, 6) is -1.43. The summed E-state index contributed by atoms with van der Waals surface area (Å²) in [5, 5.41) is 41.7. The van der Waals surface area contributed by atoms with E-state index in [1.807, 2.05) is 19.9 Å². The fraction of sp³-hybridized carbons (Fsp3) is 0.480. The maximum absolute atomic E-state index is 13.4. The van der Waals surface area contributed by atoms with E-state index in [9.17, 15) is 25.2 Å². The Morgan fingerprint density at radius 2 is 2.00 bits per heavy atom. The summed E-state index contributed by atoms with van der Waals surface area (Å²) in [6.45, 7) is 9.34. The van der Waals surface area contributed by atoms with E-state index in [4.69, 9.17) is 4.74 Å². The normalized spacial score (nSPS) is 28.8. The number of ketones is 1. The van der Waals surface area contributed by atoms with Crippen LogP contribution < -0.4 is 0 Å². The highest BCUT2D eigenvalue weighted by atomic mass is 16.5. The number of phenolic OH excluding ortho intramolecular Hbond substituents is 1. The van der Waals surface area contributed by atoms with Gasteiger partial charge in [0.15, 0.2) is 5.78 Å². The molecule has 1 aromatic rings. The van der Waals surface area contributed by atoms with Gasteiger partial charge in [-0.25, -0.2) is 0 Å². The molecule has 1 aliphatic carbocycles. The zero-order valence-electron chi connectivity index (χ0n) is 18.3. The number of fused-ring (bicyclic) bond motifs is 1. The fourth-order valence-electron chi connectivity index (χ4n) is 4.31. The highest BCUT2D eigenvalue weighted by Crippen LogP contribution is 2.41. The third-order valence-electron chi connectivity index (χ3n) is 6.27. The lowest BCUT2D eigenvalue weighted by molar-refractivity contribution is -0.147.